The van der Waals surface area contributed by atoms with Gasteiger partial charge in [0.1, 0.15) is 0 Å². The number of amides is 1. The van der Waals surface area contributed by atoms with Gasteiger partial charge < -0.3 is 10.6 Å². The van der Waals surface area contributed by atoms with Gasteiger partial charge in [0.2, 0.25) is 5.91 Å². The lowest BCUT2D eigenvalue weighted by atomic mass is 9.81. The fourth-order valence-corrected chi connectivity index (χ4v) is 3.35. The summed E-state index contributed by atoms with van der Waals surface area (Å²) in [6, 6.07) is 0. The van der Waals surface area contributed by atoms with Crippen molar-refractivity contribution in [3.63, 3.8) is 0 Å². The number of aryl methyl sites for hydroxylation is 1. The van der Waals surface area contributed by atoms with Crippen molar-refractivity contribution in [3.8, 4) is 0 Å². The van der Waals surface area contributed by atoms with E-state index < -0.39 is 0 Å². The van der Waals surface area contributed by atoms with Gasteiger partial charge in [0.25, 0.3) is 0 Å². The van der Waals surface area contributed by atoms with Crippen LogP contribution in [0.3, 0.4) is 0 Å². The van der Waals surface area contributed by atoms with Gasteiger partial charge >= 0.3 is 0 Å². The number of rotatable bonds is 4. The van der Waals surface area contributed by atoms with Crippen LogP contribution in [-0.4, -0.2) is 35.4 Å². The Morgan fingerprint density at radius 1 is 1.56 bits per heavy atom. The highest BCUT2D eigenvalue weighted by molar-refractivity contribution is 7.11. The van der Waals surface area contributed by atoms with E-state index in [-0.39, 0.29) is 11.3 Å². The Hall–Kier alpha value is -0.940. The molecule has 0 aromatic carbocycles. The van der Waals surface area contributed by atoms with Crippen molar-refractivity contribution in [2.45, 2.75) is 38.5 Å². The predicted octanol–water partition coefficient (Wildman–Crippen LogP) is 1.68. The van der Waals surface area contributed by atoms with Crippen LogP contribution in [0.4, 0.5) is 0 Å². The van der Waals surface area contributed by atoms with Gasteiger partial charge in [0, 0.05) is 29.5 Å². The van der Waals surface area contributed by atoms with E-state index in [1.807, 2.05) is 17.5 Å². The predicted molar refractivity (Wildman–Crippen MR) is 73.7 cm³/mol. The zero-order chi connectivity index (χ0) is 13.2. The van der Waals surface area contributed by atoms with Crippen LogP contribution >= 0.6 is 11.3 Å². The highest BCUT2D eigenvalue weighted by Gasteiger charge is 2.33. The molecular formula is C13H21N3OS. The van der Waals surface area contributed by atoms with Crippen LogP contribution < -0.4 is 5.73 Å². The van der Waals surface area contributed by atoms with Gasteiger partial charge in [-0.25, -0.2) is 4.98 Å². The number of carbonyl (C=O) groups is 1. The summed E-state index contributed by atoms with van der Waals surface area (Å²) in [6.45, 7) is 7.26. The molecule has 1 aliphatic rings. The molecule has 0 atom stereocenters. The van der Waals surface area contributed by atoms with Gasteiger partial charge in [0.15, 0.2) is 0 Å². The van der Waals surface area contributed by atoms with Gasteiger partial charge in [-0.15, -0.1) is 11.3 Å². The number of hydrogen-bond donors (Lipinski definition) is 1. The molecule has 18 heavy (non-hydrogen) atoms. The summed E-state index contributed by atoms with van der Waals surface area (Å²) in [4.78, 5) is 18.9. The lowest BCUT2D eigenvalue weighted by Crippen LogP contribution is -2.42. The fraction of sp³-hybridized carbons (Fsp3) is 0.692. The summed E-state index contributed by atoms with van der Waals surface area (Å²) in [6.07, 6.45) is 4.65. The average molecular weight is 267 g/mol. The van der Waals surface area contributed by atoms with Crippen molar-refractivity contribution in [3.05, 3.63) is 16.1 Å². The Kier molecular flexibility index (Phi) is 4.02. The zero-order valence-electron chi connectivity index (χ0n) is 11.1. The molecule has 2 heterocycles. The third-order valence-electron chi connectivity index (χ3n) is 3.77. The summed E-state index contributed by atoms with van der Waals surface area (Å²) in [5, 5.41) is 1.26. The minimum absolute atomic E-state index is 0.209. The Morgan fingerprint density at radius 3 is 2.72 bits per heavy atom. The molecule has 0 unspecified atom stereocenters. The first-order valence-electron chi connectivity index (χ1n) is 6.43. The Labute approximate surface area is 112 Å². The fourth-order valence-electron chi connectivity index (χ4n) is 2.39. The summed E-state index contributed by atoms with van der Waals surface area (Å²) < 4.78 is 0. The van der Waals surface area contributed by atoms with Crippen LogP contribution in [-0.2, 0) is 10.2 Å². The number of nitrogens with zero attached hydrogens (tertiary/aromatic N) is 2. The van der Waals surface area contributed by atoms with Gasteiger partial charge in [0.05, 0.1) is 5.01 Å². The SMILES string of the molecule is Cc1cnc(C2(C)CCN(CCC(N)=O)CC2)s1. The lowest BCUT2D eigenvalue weighted by molar-refractivity contribution is -0.118. The second-order valence-electron chi connectivity index (χ2n) is 5.39. The van der Waals surface area contributed by atoms with Crippen LogP contribution in [0, 0.1) is 6.92 Å². The number of likely N-dealkylation sites (tertiary alicyclic amines) is 1. The van der Waals surface area contributed by atoms with Crippen molar-refractivity contribution < 1.29 is 4.79 Å². The maximum atomic E-state index is 10.8. The smallest absolute Gasteiger partial charge is 0.218 e. The standard InChI is InChI=1S/C13H21N3OS/c1-10-9-15-12(18-10)13(2)4-7-16(8-5-13)6-3-11(14)17/h9H,3-8H2,1-2H3,(H2,14,17). The number of primary amides is 1. The minimum Gasteiger partial charge on any atom is -0.370 e. The highest BCUT2D eigenvalue weighted by atomic mass is 32.1. The molecule has 1 aliphatic heterocycles. The summed E-state index contributed by atoms with van der Waals surface area (Å²) in [5.74, 6) is -0.209. The number of hydrogen-bond acceptors (Lipinski definition) is 4. The zero-order valence-corrected chi connectivity index (χ0v) is 11.9. The van der Waals surface area contributed by atoms with Crippen molar-refractivity contribution in [2.24, 2.45) is 5.73 Å². The van der Waals surface area contributed by atoms with E-state index in [1.165, 1.54) is 9.88 Å². The van der Waals surface area contributed by atoms with Gasteiger partial charge in [-0.3, -0.25) is 4.79 Å². The van der Waals surface area contributed by atoms with Crippen LogP contribution in [0.5, 0.6) is 0 Å². The number of nitrogens with two attached hydrogens (primary N) is 1. The molecule has 1 aromatic rings. The van der Waals surface area contributed by atoms with E-state index in [4.69, 9.17) is 5.73 Å². The van der Waals surface area contributed by atoms with E-state index in [0.717, 1.165) is 32.5 Å². The first kappa shape index (κ1) is 13.5. The van der Waals surface area contributed by atoms with Gasteiger partial charge in [-0.2, -0.15) is 0 Å². The topological polar surface area (TPSA) is 59.2 Å². The van der Waals surface area contributed by atoms with Crippen molar-refractivity contribution in [1.29, 1.82) is 0 Å². The monoisotopic (exact) mass is 267 g/mol. The molecule has 0 saturated carbocycles. The molecule has 1 saturated heterocycles. The van der Waals surface area contributed by atoms with Gasteiger partial charge in [-0.05, 0) is 32.9 Å². The largest absolute Gasteiger partial charge is 0.370 e. The van der Waals surface area contributed by atoms with E-state index in [9.17, 15) is 4.79 Å². The van der Waals surface area contributed by atoms with Crippen LogP contribution in [0.2, 0.25) is 0 Å². The lowest BCUT2D eigenvalue weighted by Gasteiger charge is -2.38. The first-order chi connectivity index (χ1) is 8.49. The van der Waals surface area contributed by atoms with Crippen molar-refractivity contribution in [1.82, 2.24) is 9.88 Å². The number of carbonyl (C=O) groups excluding carboxylic acids is 1. The molecule has 2 N–H and O–H groups in total. The summed E-state index contributed by atoms with van der Waals surface area (Å²) >= 11 is 1.81. The third-order valence-corrected chi connectivity index (χ3v) is 4.99. The second-order valence-corrected chi connectivity index (χ2v) is 6.63. The van der Waals surface area contributed by atoms with E-state index in [2.05, 4.69) is 23.7 Å². The first-order valence-corrected chi connectivity index (χ1v) is 7.25. The maximum absolute atomic E-state index is 10.8. The molecule has 5 heteroatoms. The highest BCUT2D eigenvalue weighted by Crippen LogP contribution is 2.36. The van der Waals surface area contributed by atoms with E-state index >= 15 is 0 Å². The summed E-state index contributed by atoms with van der Waals surface area (Å²) in [5.41, 5.74) is 5.39. The maximum Gasteiger partial charge on any atom is 0.218 e. The average Bonchev–Trinajstić information content (AvgIpc) is 2.76. The number of piperidine rings is 1. The molecular weight excluding hydrogens is 246 g/mol. The van der Waals surface area contributed by atoms with Gasteiger partial charge in [-0.1, -0.05) is 6.92 Å². The molecule has 1 fully saturated rings. The van der Waals surface area contributed by atoms with Crippen LogP contribution in [0.15, 0.2) is 6.20 Å². The van der Waals surface area contributed by atoms with Crippen LogP contribution in [0.25, 0.3) is 0 Å². The number of aromatic nitrogens is 1. The molecule has 0 bridgehead atoms. The Balaban J connectivity index is 1.91. The van der Waals surface area contributed by atoms with E-state index in [1.54, 1.807) is 0 Å². The molecule has 0 spiro atoms. The third kappa shape index (κ3) is 3.09. The van der Waals surface area contributed by atoms with Crippen molar-refractivity contribution in [2.75, 3.05) is 19.6 Å². The minimum atomic E-state index is -0.209. The quantitative estimate of drug-likeness (QED) is 0.903. The van der Waals surface area contributed by atoms with Crippen LogP contribution in [0.1, 0.15) is 36.1 Å². The molecule has 1 aromatic heterocycles. The Bertz CT molecular complexity index is 422. The molecule has 1 amide bonds. The summed E-state index contributed by atoms with van der Waals surface area (Å²) in [7, 11) is 0. The van der Waals surface area contributed by atoms with Crippen molar-refractivity contribution >= 4 is 17.2 Å². The Morgan fingerprint density at radius 2 is 2.22 bits per heavy atom. The molecule has 0 radical (unpaired) electrons. The normalized spacial score (nSPS) is 19.9. The molecule has 100 valence electrons. The second kappa shape index (κ2) is 5.36. The number of thiazole rings is 1. The molecule has 4 nitrogen and oxygen atoms in total. The molecule has 0 aliphatic carbocycles. The van der Waals surface area contributed by atoms with E-state index in [0.29, 0.717) is 6.42 Å². The molecule has 2 rings (SSSR count).